The molecule has 0 spiro atoms. The summed E-state index contributed by atoms with van der Waals surface area (Å²) < 4.78 is 0. The number of likely N-dealkylation sites (tertiary alicyclic amines) is 1. The third-order valence-corrected chi connectivity index (χ3v) is 4.15. The van der Waals surface area contributed by atoms with E-state index in [4.69, 9.17) is 0 Å². The molecule has 0 amide bonds. The van der Waals surface area contributed by atoms with Gasteiger partial charge in [0.25, 0.3) is 0 Å². The molecule has 0 aromatic heterocycles. The van der Waals surface area contributed by atoms with Gasteiger partial charge in [-0.25, -0.2) is 0 Å². The Bertz CT molecular complexity index is 348. The predicted octanol–water partition coefficient (Wildman–Crippen LogP) is 3.30. The van der Waals surface area contributed by atoms with Crippen molar-refractivity contribution in [2.75, 3.05) is 24.7 Å². The minimum atomic E-state index is 0.609. The van der Waals surface area contributed by atoms with Crippen molar-refractivity contribution in [3.05, 3.63) is 24.3 Å². The first-order chi connectivity index (χ1) is 8.19. The van der Waals surface area contributed by atoms with Crippen LogP contribution in [0.5, 0.6) is 0 Å². The molecule has 3 heteroatoms. The Morgan fingerprint density at radius 3 is 2.53 bits per heavy atom. The van der Waals surface area contributed by atoms with Crippen LogP contribution in [0.1, 0.15) is 20.3 Å². The molecule has 1 unspecified atom stereocenters. The molecule has 1 N–H and O–H groups in total. The molecule has 1 aliphatic heterocycles. The van der Waals surface area contributed by atoms with Gasteiger partial charge in [-0.2, -0.15) is 0 Å². The van der Waals surface area contributed by atoms with Gasteiger partial charge in [0.05, 0.1) is 0 Å². The monoisotopic (exact) mass is 250 g/mol. The average molecular weight is 250 g/mol. The lowest BCUT2D eigenvalue weighted by Crippen LogP contribution is -2.31. The second kappa shape index (κ2) is 5.78. The van der Waals surface area contributed by atoms with Crippen molar-refractivity contribution in [1.82, 2.24) is 4.90 Å². The summed E-state index contributed by atoms with van der Waals surface area (Å²) in [5, 5.41) is 3.63. The SMILES string of the molecule is CSc1ccc(NC2CCN(C(C)C)C2)cc1. The van der Waals surface area contributed by atoms with Crippen LogP contribution in [0.25, 0.3) is 0 Å². The Labute approximate surface area is 109 Å². The molecule has 17 heavy (non-hydrogen) atoms. The molecule has 0 aliphatic carbocycles. The Morgan fingerprint density at radius 2 is 2.00 bits per heavy atom. The zero-order valence-electron chi connectivity index (χ0n) is 10.9. The summed E-state index contributed by atoms with van der Waals surface area (Å²) in [7, 11) is 0. The van der Waals surface area contributed by atoms with Gasteiger partial charge in [0.1, 0.15) is 0 Å². The molecule has 1 fully saturated rings. The number of rotatable bonds is 4. The third-order valence-electron chi connectivity index (χ3n) is 3.41. The van der Waals surface area contributed by atoms with E-state index in [2.05, 4.69) is 54.6 Å². The van der Waals surface area contributed by atoms with Gasteiger partial charge in [-0.05, 0) is 50.8 Å². The molecule has 94 valence electrons. The van der Waals surface area contributed by atoms with Gasteiger partial charge in [0, 0.05) is 35.8 Å². The molecule has 1 aromatic rings. The highest BCUT2D eigenvalue weighted by atomic mass is 32.2. The van der Waals surface area contributed by atoms with E-state index in [0.717, 1.165) is 0 Å². The number of benzene rings is 1. The fourth-order valence-electron chi connectivity index (χ4n) is 2.30. The zero-order chi connectivity index (χ0) is 12.3. The maximum atomic E-state index is 3.63. The normalized spacial score (nSPS) is 21.1. The number of hydrogen-bond donors (Lipinski definition) is 1. The number of hydrogen-bond acceptors (Lipinski definition) is 3. The highest BCUT2D eigenvalue weighted by Crippen LogP contribution is 2.20. The summed E-state index contributed by atoms with van der Waals surface area (Å²) in [5.41, 5.74) is 1.25. The van der Waals surface area contributed by atoms with Crippen molar-refractivity contribution >= 4 is 17.4 Å². The van der Waals surface area contributed by atoms with E-state index in [1.807, 2.05) is 0 Å². The zero-order valence-corrected chi connectivity index (χ0v) is 11.8. The number of anilines is 1. The van der Waals surface area contributed by atoms with E-state index < -0.39 is 0 Å². The van der Waals surface area contributed by atoms with Gasteiger partial charge < -0.3 is 5.32 Å². The van der Waals surface area contributed by atoms with Gasteiger partial charge in [-0.1, -0.05) is 0 Å². The lowest BCUT2D eigenvalue weighted by molar-refractivity contribution is 0.274. The summed E-state index contributed by atoms with van der Waals surface area (Å²) in [5.74, 6) is 0. The molecule has 0 saturated carbocycles. The first-order valence-electron chi connectivity index (χ1n) is 6.33. The van der Waals surface area contributed by atoms with Crippen molar-refractivity contribution in [2.45, 2.75) is 37.2 Å². The van der Waals surface area contributed by atoms with Gasteiger partial charge in [-0.3, -0.25) is 4.90 Å². The Morgan fingerprint density at radius 1 is 1.29 bits per heavy atom. The summed E-state index contributed by atoms with van der Waals surface area (Å²) in [6, 6.07) is 10.0. The van der Waals surface area contributed by atoms with E-state index in [1.54, 1.807) is 11.8 Å². The van der Waals surface area contributed by atoms with E-state index in [9.17, 15) is 0 Å². The first-order valence-corrected chi connectivity index (χ1v) is 7.56. The molecule has 2 nitrogen and oxygen atoms in total. The van der Waals surface area contributed by atoms with Crippen LogP contribution in [0.2, 0.25) is 0 Å². The number of thioether (sulfide) groups is 1. The third kappa shape index (κ3) is 3.39. The summed E-state index contributed by atoms with van der Waals surface area (Å²) in [6.45, 7) is 6.94. The minimum absolute atomic E-state index is 0.609. The van der Waals surface area contributed by atoms with Crippen LogP contribution in [0.4, 0.5) is 5.69 Å². The van der Waals surface area contributed by atoms with Gasteiger partial charge >= 0.3 is 0 Å². The standard InChI is InChI=1S/C14H22N2S/c1-11(2)16-9-8-13(10-16)15-12-4-6-14(17-3)7-5-12/h4-7,11,13,15H,8-10H2,1-3H3. The second-order valence-corrected chi connectivity index (χ2v) is 5.83. The summed E-state index contributed by atoms with van der Waals surface area (Å²) in [6.07, 6.45) is 3.36. The van der Waals surface area contributed by atoms with E-state index in [0.29, 0.717) is 12.1 Å². The van der Waals surface area contributed by atoms with Crippen molar-refractivity contribution in [3.8, 4) is 0 Å². The van der Waals surface area contributed by atoms with Crippen LogP contribution in [0.15, 0.2) is 29.2 Å². The molecule has 1 aliphatic rings. The average Bonchev–Trinajstić information content (AvgIpc) is 2.79. The van der Waals surface area contributed by atoms with E-state index >= 15 is 0 Å². The second-order valence-electron chi connectivity index (χ2n) is 4.95. The molecule has 0 radical (unpaired) electrons. The minimum Gasteiger partial charge on any atom is -0.381 e. The summed E-state index contributed by atoms with van der Waals surface area (Å²) in [4.78, 5) is 3.86. The van der Waals surface area contributed by atoms with Crippen LogP contribution in [-0.4, -0.2) is 36.3 Å². The predicted molar refractivity (Wildman–Crippen MR) is 77.0 cm³/mol. The quantitative estimate of drug-likeness (QED) is 0.825. The van der Waals surface area contributed by atoms with Gasteiger partial charge in [0.15, 0.2) is 0 Å². The van der Waals surface area contributed by atoms with E-state index in [1.165, 1.54) is 30.1 Å². The van der Waals surface area contributed by atoms with Gasteiger partial charge in [0.2, 0.25) is 0 Å². The molecule has 2 rings (SSSR count). The fraction of sp³-hybridized carbons (Fsp3) is 0.571. The van der Waals surface area contributed by atoms with Crippen LogP contribution in [-0.2, 0) is 0 Å². The maximum absolute atomic E-state index is 3.63. The molecular formula is C14H22N2S. The molecule has 0 bridgehead atoms. The van der Waals surface area contributed by atoms with Crippen LogP contribution in [0, 0.1) is 0 Å². The van der Waals surface area contributed by atoms with Crippen molar-refractivity contribution in [2.24, 2.45) is 0 Å². The topological polar surface area (TPSA) is 15.3 Å². The first kappa shape index (κ1) is 12.8. The Balaban J connectivity index is 1.89. The molecule has 1 saturated heterocycles. The molecular weight excluding hydrogens is 228 g/mol. The number of nitrogens with one attached hydrogen (secondary N) is 1. The lowest BCUT2D eigenvalue weighted by Gasteiger charge is -2.20. The van der Waals surface area contributed by atoms with Crippen LogP contribution in [0.3, 0.4) is 0 Å². The molecule has 1 heterocycles. The Hall–Kier alpha value is -0.670. The summed E-state index contributed by atoms with van der Waals surface area (Å²) >= 11 is 1.79. The fourth-order valence-corrected chi connectivity index (χ4v) is 2.71. The number of nitrogens with zero attached hydrogens (tertiary/aromatic N) is 1. The van der Waals surface area contributed by atoms with Crippen LogP contribution < -0.4 is 5.32 Å². The van der Waals surface area contributed by atoms with Gasteiger partial charge in [-0.15, -0.1) is 11.8 Å². The van der Waals surface area contributed by atoms with E-state index in [-0.39, 0.29) is 0 Å². The highest BCUT2D eigenvalue weighted by Gasteiger charge is 2.23. The Kier molecular flexibility index (Phi) is 4.35. The molecule has 1 aromatic carbocycles. The van der Waals surface area contributed by atoms with Crippen molar-refractivity contribution in [3.63, 3.8) is 0 Å². The molecule has 1 atom stereocenters. The van der Waals surface area contributed by atoms with Crippen molar-refractivity contribution < 1.29 is 0 Å². The lowest BCUT2D eigenvalue weighted by atomic mass is 10.2. The highest BCUT2D eigenvalue weighted by molar-refractivity contribution is 7.98. The van der Waals surface area contributed by atoms with Crippen LogP contribution >= 0.6 is 11.8 Å². The largest absolute Gasteiger partial charge is 0.381 e. The van der Waals surface area contributed by atoms with Crippen molar-refractivity contribution in [1.29, 1.82) is 0 Å². The maximum Gasteiger partial charge on any atom is 0.0400 e. The smallest absolute Gasteiger partial charge is 0.0400 e.